The summed E-state index contributed by atoms with van der Waals surface area (Å²) in [5.74, 6) is 0.481. The van der Waals surface area contributed by atoms with E-state index in [0.29, 0.717) is 18.9 Å². The van der Waals surface area contributed by atoms with Crippen molar-refractivity contribution in [1.29, 1.82) is 0 Å². The van der Waals surface area contributed by atoms with Crippen molar-refractivity contribution in [2.75, 3.05) is 12.3 Å². The van der Waals surface area contributed by atoms with E-state index in [9.17, 15) is 4.79 Å². The van der Waals surface area contributed by atoms with Crippen LogP contribution in [-0.2, 0) is 11.2 Å². The molecule has 0 radical (unpaired) electrons. The third-order valence-corrected chi connectivity index (χ3v) is 2.67. The van der Waals surface area contributed by atoms with Gasteiger partial charge in [0.1, 0.15) is 11.6 Å². The summed E-state index contributed by atoms with van der Waals surface area (Å²) < 4.78 is 6.67. The summed E-state index contributed by atoms with van der Waals surface area (Å²) >= 11 is 0. The molecule has 0 aliphatic rings. The quantitative estimate of drug-likeness (QED) is 0.844. The molecule has 6 heteroatoms. The van der Waals surface area contributed by atoms with Crippen LogP contribution < -0.4 is 5.73 Å². The normalized spacial score (nSPS) is 10.4. The number of ether oxygens (including phenoxy) is 1. The summed E-state index contributed by atoms with van der Waals surface area (Å²) in [6.45, 7) is 3.98. The van der Waals surface area contributed by atoms with Crippen LogP contribution in [0.3, 0.4) is 0 Å². The molecule has 6 nitrogen and oxygen atoms in total. The van der Waals surface area contributed by atoms with Crippen LogP contribution in [0, 0.1) is 0 Å². The zero-order valence-corrected chi connectivity index (χ0v) is 11.0. The van der Waals surface area contributed by atoms with Crippen LogP contribution in [0.15, 0.2) is 24.5 Å². The second-order valence-electron chi connectivity index (χ2n) is 3.88. The second-order valence-corrected chi connectivity index (χ2v) is 3.88. The van der Waals surface area contributed by atoms with Crippen LogP contribution in [-0.4, -0.2) is 27.1 Å². The van der Waals surface area contributed by atoms with E-state index in [0.717, 1.165) is 5.69 Å². The Bertz CT molecular complexity index is 578. The van der Waals surface area contributed by atoms with Crippen molar-refractivity contribution < 1.29 is 9.53 Å². The minimum absolute atomic E-state index is 0.155. The smallest absolute Gasteiger partial charge is 0.360 e. The Hall–Kier alpha value is -2.37. The van der Waals surface area contributed by atoms with Crippen molar-refractivity contribution in [2.45, 2.75) is 20.3 Å². The molecule has 2 heterocycles. The minimum atomic E-state index is -0.502. The first kappa shape index (κ1) is 13.1. The molecule has 0 aliphatic carbocycles. The first-order valence-corrected chi connectivity index (χ1v) is 6.13. The lowest BCUT2D eigenvalue weighted by atomic mass is 10.3. The van der Waals surface area contributed by atoms with Gasteiger partial charge in [-0.05, 0) is 19.1 Å². The van der Waals surface area contributed by atoms with Gasteiger partial charge in [-0.1, -0.05) is 6.92 Å². The van der Waals surface area contributed by atoms with Crippen LogP contribution in [0.25, 0.3) is 5.69 Å². The number of nitrogens with zero attached hydrogens (tertiary/aromatic N) is 3. The van der Waals surface area contributed by atoms with Gasteiger partial charge in [0, 0.05) is 12.6 Å². The summed E-state index contributed by atoms with van der Waals surface area (Å²) in [5, 5.41) is 0. The van der Waals surface area contributed by atoms with Gasteiger partial charge in [-0.15, -0.1) is 0 Å². The standard InChI is InChI=1S/C13H16N4O2/c1-3-10-16-11(13(18)19-4-2)12(14)17(10)9-6-5-7-15-8-9/h5-8H,3-4,14H2,1-2H3. The van der Waals surface area contributed by atoms with Crippen molar-refractivity contribution >= 4 is 11.8 Å². The van der Waals surface area contributed by atoms with Gasteiger partial charge in [-0.2, -0.15) is 0 Å². The molecule has 0 aliphatic heterocycles. The van der Waals surface area contributed by atoms with E-state index in [-0.39, 0.29) is 11.5 Å². The highest BCUT2D eigenvalue weighted by Gasteiger charge is 2.21. The Labute approximate surface area is 111 Å². The van der Waals surface area contributed by atoms with Gasteiger partial charge in [-0.25, -0.2) is 9.78 Å². The number of aromatic nitrogens is 3. The first-order valence-electron chi connectivity index (χ1n) is 6.13. The fourth-order valence-electron chi connectivity index (χ4n) is 1.84. The van der Waals surface area contributed by atoms with Crippen LogP contribution >= 0.6 is 0 Å². The van der Waals surface area contributed by atoms with Gasteiger partial charge in [0.25, 0.3) is 0 Å². The van der Waals surface area contributed by atoms with E-state index in [1.54, 1.807) is 30.0 Å². The largest absolute Gasteiger partial charge is 0.461 e. The lowest BCUT2D eigenvalue weighted by Gasteiger charge is -2.07. The zero-order chi connectivity index (χ0) is 13.8. The Kier molecular flexibility index (Phi) is 3.79. The Balaban J connectivity index is 2.52. The third kappa shape index (κ3) is 2.42. The van der Waals surface area contributed by atoms with Gasteiger partial charge < -0.3 is 10.5 Å². The highest BCUT2D eigenvalue weighted by atomic mass is 16.5. The number of nitrogen functional groups attached to an aromatic ring is 1. The molecule has 0 aromatic carbocycles. The van der Waals surface area contributed by atoms with Crippen molar-refractivity contribution in [3.8, 4) is 5.69 Å². The average molecular weight is 260 g/mol. The number of imidazole rings is 1. The number of pyridine rings is 1. The fourth-order valence-corrected chi connectivity index (χ4v) is 1.84. The van der Waals surface area contributed by atoms with Gasteiger partial charge in [0.15, 0.2) is 5.69 Å². The van der Waals surface area contributed by atoms with E-state index < -0.39 is 5.97 Å². The van der Waals surface area contributed by atoms with Gasteiger partial charge in [-0.3, -0.25) is 9.55 Å². The summed E-state index contributed by atoms with van der Waals surface area (Å²) in [7, 11) is 0. The Morgan fingerprint density at radius 2 is 2.26 bits per heavy atom. The molecule has 100 valence electrons. The number of aryl methyl sites for hydroxylation is 1. The van der Waals surface area contributed by atoms with Crippen molar-refractivity contribution in [1.82, 2.24) is 14.5 Å². The number of hydrogen-bond donors (Lipinski definition) is 1. The van der Waals surface area contributed by atoms with Crippen molar-refractivity contribution in [3.63, 3.8) is 0 Å². The van der Waals surface area contributed by atoms with E-state index >= 15 is 0 Å². The average Bonchev–Trinajstić information content (AvgIpc) is 2.77. The van der Waals surface area contributed by atoms with E-state index in [2.05, 4.69) is 9.97 Å². The maximum atomic E-state index is 11.8. The highest BCUT2D eigenvalue weighted by molar-refractivity contribution is 5.92. The molecule has 0 spiro atoms. The van der Waals surface area contributed by atoms with E-state index in [1.165, 1.54) is 0 Å². The molecule has 19 heavy (non-hydrogen) atoms. The molecule has 2 N–H and O–H groups in total. The highest BCUT2D eigenvalue weighted by Crippen LogP contribution is 2.21. The molecule has 0 atom stereocenters. The topological polar surface area (TPSA) is 83.0 Å². The molecule has 2 rings (SSSR count). The van der Waals surface area contributed by atoms with Gasteiger partial charge >= 0.3 is 5.97 Å². The van der Waals surface area contributed by atoms with E-state index in [1.807, 2.05) is 13.0 Å². The SMILES string of the molecule is CCOC(=O)c1nc(CC)n(-c2cccnc2)c1N. The molecule has 0 fully saturated rings. The van der Waals surface area contributed by atoms with Crippen LogP contribution in [0.1, 0.15) is 30.2 Å². The summed E-state index contributed by atoms with van der Waals surface area (Å²) in [6, 6.07) is 3.66. The Morgan fingerprint density at radius 3 is 2.84 bits per heavy atom. The lowest BCUT2D eigenvalue weighted by Crippen LogP contribution is -2.09. The van der Waals surface area contributed by atoms with Gasteiger partial charge in [0.05, 0.1) is 18.5 Å². The summed E-state index contributed by atoms with van der Waals surface area (Å²) in [4.78, 5) is 20.1. The van der Waals surface area contributed by atoms with Crippen molar-refractivity contribution in [2.24, 2.45) is 0 Å². The minimum Gasteiger partial charge on any atom is -0.461 e. The molecule has 0 saturated heterocycles. The maximum absolute atomic E-state index is 11.8. The number of nitrogens with two attached hydrogens (primary N) is 1. The predicted octanol–water partition coefficient (Wildman–Crippen LogP) is 1.59. The van der Waals surface area contributed by atoms with Crippen LogP contribution in [0.4, 0.5) is 5.82 Å². The number of anilines is 1. The number of carbonyl (C=O) groups is 1. The second kappa shape index (κ2) is 5.51. The molecule has 0 saturated carbocycles. The van der Waals surface area contributed by atoms with Crippen LogP contribution in [0.5, 0.6) is 0 Å². The number of rotatable bonds is 4. The predicted molar refractivity (Wildman–Crippen MR) is 71.1 cm³/mol. The number of hydrogen-bond acceptors (Lipinski definition) is 5. The fraction of sp³-hybridized carbons (Fsp3) is 0.308. The third-order valence-electron chi connectivity index (χ3n) is 2.67. The monoisotopic (exact) mass is 260 g/mol. The van der Waals surface area contributed by atoms with Gasteiger partial charge in [0.2, 0.25) is 0 Å². The Morgan fingerprint density at radius 1 is 1.47 bits per heavy atom. The molecule has 0 amide bonds. The molecular formula is C13H16N4O2. The lowest BCUT2D eigenvalue weighted by molar-refractivity contribution is 0.0521. The molecular weight excluding hydrogens is 244 g/mol. The molecule has 0 unspecified atom stereocenters. The zero-order valence-electron chi connectivity index (χ0n) is 11.0. The number of esters is 1. The van der Waals surface area contributed by atoms with Crippen molar-refractivity contribution in [3.05, 3.63) is 36.0 Å². The summed E-state index contributed by atoms with van der Waals surface area (Å²) in [5.41, 5.74) is 6.95. The summed E-state index contributed by atoms with van der Waals surface area (Å²) in [6.07, 6.45) is 4.00. The van der Waals surface area contributed by atoms with E-state index in [4.69, 9.17) is 10.5 Å². The first-order chi connectivity index (χ1) is 9.19. The maximum Gasteiger partial charge on any atom is 0.360 e. The molecule has 2 aromatic rings. The molecule has 0 bridgehead atoms. The molecule has 2 aromatic heterocycles. The number of carbonyl (C=O) groups excluding carboxylic acids is 1. The van der Waals surface area contributed by atoms with Crippen LogP contribution in [0.2, 0.25) is 0 Å².